The molecule has 2 atom stereocenters. The molecule has 4 N–H and O–H groups in total. The average molecular weight is 290 g/mol. The monoisotopic (exact) mass is 290 g/mol. The summed E-state index contributed by atoms with van der Waals surface area (Å²) in [5, 5.41) is 5.04. The van der Waals surface area contributed by atoms with Crippen LogP contribution in [0.1, 0.15) is 26.7 Å². The first-order chi connectivity index (χ1) is 8.81. The summed E-state index contributed by atoms with van der Waals surface area (Å²) in [4.78, 5) is 43.4. The molecule has 2 amide bonds. The van der Waals surface area contributed by atoms with Crippen molar-refractivity contribution in [2.45, 2.75) is 38.8 Å². The van der Waals surface area contributed by atoms with E-state index in [0.717, 1.165) is 0 Å². The molecule has 0 spiro atoms. The Balaban J connectivity index is 4.67. The van der Waals surface area contributed by atoms with Crippen LogP contribution in [0.5, 0.6) is 0 Å². The van der Waals surface area contributed by atoms with Crippen molar-refractivity contribution >= 4 is 20.4 Å². The van der Waals surface area contributed by atoms with E-state index in [4.69, 9.17) is 0 Å². The molecule has 0 radical (unpaired) electrons. The minimum Gasteiger partial charge on any atom is -0.411 e. The van der Waals surface area contributed by atoms with Crippen LogP contribution in [0.2, 0.25) is 12.1 Å². The number of carbonyl (C=O) groups excluding carboxylic acids is 2. The summed E-state index contributed by atoms with van der Waals surface area (Å²) in [6.07, 6.45) is 1.10. The molecular formula is C12H26N2O4Si. The van der Waals surface area contributed by atoms with E-state index < -0.39 is 20.4 Å². The first kappa shape index (κ1) is 18.1. The topological polar surface area (TPSA) is 98.7 Å². The van der Waals surface area contributed by atoms with Gasteiger partial charge in [-0.15, -0.1) is 0 Å². The van der Waals surface area contributed by atoms with Gasteiger partial charge in [-0.05, 0) is 12.8 Å². The van der Waals surface area contributed by atoms with E-state index in [1.165, 1.54) is 14.1 Å². The van der Waals surface area contributed by atoms with Crippen molar-refractivity contribution in [3.63, 3.8) is 0 Å². The molecule has 2 unspecified atom stereocenters. The molecule has 0 aliphatic heterocycles. The third-order valence-corrected chi connectivity index (χ3v) is 5.66. The third kappa shape index (κ3) is 6.17. The van der Waals surface area contributed by atoms with Gasteiger partial charge >= 0.3 is 8.56 Å². The van der Waals surface area contributed by atoms with E-state index >= 15 is 0 Å². The van der Waals surface area contributed by atoms with E-state index in [1.807, 2.05) is 13.8 Å². The predicted octanol–water partition coefficient (Wildman–Crippen LogP) is -0.0424. The van der Waals surface area contributed by atoms with Crippen molar-refractivity contribution in [3.8, 4) is 0 Å². The molecule has 7 heteroatoms. The fourth-order valence-electron chi connectivity index (χ4n) is 2.13. The highest BCUT2D eigenvalue weighted by molar-refractivity contribution is 6.65. The molecule has 112 valence electrons. The molecular weight excluding hydrogens is 264 g/mol. The lowest BCUT2D eigenvalue weighted by atomic mass is 10.1. The summed E-state index contributed by atoms with van der Waals surface area (Å²) >= 11 is 0. The van der Waals surface area contributed by atoms with Gasteiger partial charge in [-0.25, -0.2) is 0 Å². The molecule has 0 aromatic heterocycles. The molecule has 0 aromatic rings. The Morgan fingerprint density at radius 2 is 1.26 bits per heavy atom. The molecule has 0 aliphatic rings. The first-order valence-electron chi connectivity index (χ1n) is 6.69. The highest BCUT2D eigenvalue weighted by Crippen LogP contribution is 2.24. The largest absolute Gasteiger partial charge is 0.411 e. The SMILES string of the molecule is CCC(C[Si](O)(O)CC(CC)C(=O)NC)C(=O)NC. The summed E-state index contributed by atoms with van der Waals surface area (Å²) in [5.41, 5.74) is 0. The molecule has 0 fully saturated rings. The van der Waals surface area contributed by atoms with Crippen LogP contribution < -0.4 is 10.6 Å². The summed E-state index contributed by atoms with van der Waals surface area (Å²) in [6.45, 7) is 3.67. The maximum absolute atomic E-state index is 11.6. The average Bonchev–Trinajstić information content (AvgIpc) is 2.40. The van der Waals surface area contributed by atoms with Gasteiger partial charge in [0.25, 0.3) is 0 Å². The fourth-order valence-corrected chi connectivity index (χ4v) is 4.82. The summed E-state index contributed by atoms with van der Waals surface area (Å²) in [7, 11) is -0.491. The molecule has 6 nitrogen and oxygen atoms in total. The predicted molar refractivity (Wildman–Crippen MR) is 75.5 cm³/mol. The van der Waals surface area contributed by atoms with Crippen LogP contribution in [0.25, 0.3) is 0 Å². The van der Waals surface area contributed by atoms with Crippen LogP contribution >= 0.6 is 0 Å². The van der Waals surface area contributed by atoms with Crippen LogP contribution in [0, 0.1) is 11.8 Å². The zero-order valence-electron chi connectivity index (χ0n) is 12.2. The van der Waals surface area contributed by atoms with Gasteiger partial charge in [0.15, 0.2) is 0 Å². The lowest BCUT2D eigenvalue weighted by Gasteiger charge is -2.25. The minimum atomic E-state index is -3.55. The number of hydrogen-bond donors (Lipinski definition) is 4. The number of rotatable bonds is 8. The smallest absolute Gasteiger partial charge is 0.334 e. The maximum atomic E-state index is 11.6. The first-order valence-corrected chi connectivity index (χ1v) is 9.00. The van der Waals surface area contributed by atoms with Crippen molar-refractivity contribution < 1.29 is 19.2 Å². The van der Waals surface area contributed by atoms with Crippen molar-refractivity contribution in [3.05, 3.63) is 0 Å². The van der Waals surface area contributed by atoms with Crippen LogP contribution in [-0.4, -0.2) is 44.1 Å². The van der Waals surface area contributed by atoms with Crippen LogP contribution in [0.15, 0.2) is 0 Å². The van der Waals surface area contributed by atoms with Gasteiger partial charge in [-0.3, -0.25) is 9.59 Å². The fraction of sp³-hybridized carbons (Fsp3) is 0.833. The Kier molecular flexibility index (Phi) is 7.89. The van der Waals surface area contributed by atoms with E-state index in [9.17, 15) is 19.2 Å². The van der Waals surface area contributed by atoms with Crippen LogP contribution in [-0.2, 0) is 9.59 Å². The van der Waals surface area contributed by atoms with Gasteiger partial charge in [0.05, 0.1) is 0 Å². The second-order valence-electron chi connectivity index (χ2n) is 4.83. The third-order valence-electron chi connectivity index (χ3n) is 3.37. The Bertz CT molecular complexity index is 282. The number of hydrogen-bond acceptors (Lipinski definition) is 4. The van der Waals surface area contributed by atoms with Crippen molar-refractivity contribution in [1.29, 1.82) is 0 Å². The normalized spacial score (nSPS) is 14.6. The Morgan fingerprint density at radius 3 is 1.47 bits per heavy atom. The summed E-state index contributed by atoms with van der Waals surface area (Å²) in [5.74, 6) is -1.19. The summed E-state index contributed by atoms with van der Waals surface area (Å²) in [6, 6.07) is 0.132. The molecule has 0 saturated carbocycles. The van der Waals surface area contributed by atoms with Gasteiger partial charge in [0.1, 0.15) is 0 Å². The molecule has 0 aliphatic carbocycles. The van der Waals surface area contributed by atoms with E-state index in [0.29, 0.717) is 12.8 Å². The quantitative estimate of drug-likeness (QED) is 0.471. The standard InChI is InChI=1S/C12H26N2O4Si/c1-5-9(11(15)13-3)7-19(17,18)8-10(6-2)12(16)14-4/h9-10,17-18H,5-8H2,1-4H3,(H,13,15)(H,14,16). The molecule has 0 aromatic carbocycles. The minimum absolute atomic E-state index is 0.0661. The van der Waals surface area contributed by atoms with E-state index in [2.05, 4.69) is 10.6 Å². The van der Waals surface area contributed by atoms with Crippen LogP contribution in [0.4, 0.5) is 0 Å². The van der Waals surface area contributed by atoms with E-state index in [-0.39, 0.29) is 23.9 Å². The van der Waals surface area contributed by atoms with Gasteiger partial charge in [-0.1, -0.05) is 13.8 Å². The highest BCUT2D eigenvalue weighted by atomic mass is 28.4. The van der Waals surface area contributed by atoms with Gasteiger partial charge in [0, 0.05) is 38.0 Å². The van der Waals surface area contributed by atoms with Gasteiger partial charge in [-0.2, -0.15) is 0 Å². The van der Waals surface area contributed by atoms with E-state index in [1.54, 1.807) is 0 Å². The zero-order valence-corrected chi connectivity index (χ0v) is 13.2. The van der Waals surface area contributed by atoms with Crippen LogP contribution in [0.3, 0.4) is 0 Å². The molecule has 0 saturated heterocycles. The summed E-state index contributed by atoms with van der Waals surface area (Å²) < 4.78 is 0. The van der Waals surface area contributed by atoms with Crippen molar-refractivity contribution in [1.82, 2.24) is 10.6 Å². The maximum Gasteiger partial charge on any atom is 0.334 e. The molecule has 0 heterocycles. The highest BCUT2D eigenvalue weighted by Gasteiger charge is 2.38. The lowest BCUT2D eigenvalue weighted by Crippen LogP contribution is -2.44. The Hall–Kier alpha value is -0.923. The number of amides is 2. The number of carbonyl (C=O) groups is 2. The zero-order chi connectivity index (χ0) is 15.1. The second-order valence-corrected chi connectivity index (χ2v) is 7.61. The second kappa shape index (κ2) is 8.29. The lowest BCUT2D eigenvalue weighted by molar-refractivity contribution is -0.124. The number of nitrogens with one attached hydrogen (secondary N) is 2. The molecule has 0 rings (SSSR count). The van der Waals surface area contributed by atoms with Gasteiger partial charge in [0.2, 0.25) is 11.8 Å². The van der Waals surface area contributed by atoms with Gasteiger partial charge < -0.3 is 20.2 Å². The van der Waals surface area contributed by atoms with Crippen molar-refractivity contribution in [2.75, 3.05) is 14.1 Å². The molecule has 0 bridgehead atoms. The Labute approximate surface area is 115 Å². The Morgan fingerprint density at radius 1 is 0.947 bits per heavy atom. The van der Waals surface area contributed by atoms with Crippen molar-refractivity contribution in [2.24, 2.45) is 11.8 Å². The molecule has 19 heavy (non-hydrogen) atoms.